The monoisotopic (exact) mass is 754 g/mol. The molecule has 2 amide bonds. The van der Waals surface area contributed by atoms with Gasteiger partial charge < -0.3 is 9.80 Å². The Labute approximate surface area is 320 Å². The molecule has 6 nitrogen and oxygen atoms in total. The highest BCUT2D eigenvalue weighted by molar-refractivity contribution is 7.12. The van der Waals surface area contributed by atoms with E-state index in [1.165, 1.54) is 41.0 Å². The molecule has 0 saturated heterocycles. The number of allylic oxidation sites excluding steroid dienone is 1. The number of rotatable bonds is 8. The summed E-state index contributed by atoms with van der Waals surface area (Å²) in [6, 6.07) is 23.2. The number of carbonyl (C=O) groups is 2. The Morgan fingerprint density at radius 2 is 1.28 bits per heavy atom. The molecule has 6 aromatic rings. The molecular formula is C44H36F2N4O2S2. The van der Waals surface area contributed by atoms with E-state index in [2.05, 4.69) is 41.7 Å². The van der Waals surface area contributed by atoms with Crippen LogP contribution in [0.5, 0.6) is 0 Å². The van der Waals surface area contributed by atoms with Crippen molar-refractivity contribution in [2.45, 2.75) is 38.3 Å². The van der Waals surface area contributed by atoms with Gasteiger partial charge in [0.25, 0.3) is 0 Å². The van der Waals surface area contributed by atoms with Gasteiger partial charge in [0.05, 0.1) is 25.5 Å². The van der Waals surface area contributed by atoms with Crippen LogP contribution in [0.1, 0.15) is 53.6 Å². The van der Waals surface area contributed by atoms with Gasteiger partial charge >= 0.3 is 0 Å². The van der Waals surface area contributed by atoms with Gasteiger partial charge in [0.15, 0.2) is 0 Å². The van der Waals surface area contributed by atoms with Crippen molar-refractivity contribution in [2.75, 3.05) is 13.1 Å². The summed E-state index contributed by atoms with van der Waals surface area (Å²) >= 11 is 3.35. The lowest BCUT2D eigenvalue weighted by atomic mass is 9.84. The molecule has 10 heteroatoms. The molecule has 0 bridgehead atoms. The average Bonchev–Trinajstić information content (AvgIpc) is 3.79. The second-order valence-electron chi connectivity index (χ2n) is 13.6. The van der Waals surface area contributed by atoms with Gasteiger partial charge in [-0.2, -0.15) is 0 Å². The van der Waals surface area contributed by atoms with E-state index in [0.717, 1.165) is 42.4 Å². The van der Waals surface area contributed by atoms with Gasteiger partial charge in [-0.25, -0.2) is 8.78 Å². The third kappa shape index (κ3) is 7.07. The molecule has 0 N–H and O–H groups in total. The van der Waals surface area contributed by atoms with Crippen LogP contribution in [0.4, 0.5) is 8.78 Å². The first-order valence-electron chi connectivity index (χ1n) is 17.7. The van der Waals surface area contributed by atoms with E-state index < -0.39 is 11.6 Å². The average molecular weight is 755 g/mol. The zero-order valence-electron chi connectivity index (χ0n) is 29.5. The number of aromatic nitrogens is 2. The van der Waals surface area contributed by atoms with Gasteiger partial charge in [0.2, 0.25) is 11.8 Å². The number of hydrogen-bond donors (Lipinski definition) is 0. The molecule has 2 aromatic carbocycles. The van der Waals surface area contributed by atoms with E-state index in [4.69, 9.17) is 0 Å². The Hall–Kier alpha value is -5.58. The fourth-order valence-corrected chi connectivity index (χ4v) is 10.1. The van der Waals surface area contributed by atoms with Crippen molar-refractivity contribution in [3.8, 4) is 22.3 Å². The second kappa shape index (κ2) is 15.0. The summed E-state index contributed by atoms with van der Waals surface area (Å²) in [7, 11) is 0. The van der Waals surface area contributed by atoms with Crippen molar-refractivity contribution in [1.82, 2.24) is 19.8 Å². The third-order valence-corrected chi connectivity index (χ3v) is 12.4. The number of carbonyl (C=O) groups excluding carboxylic acids is 2. The van der Waals surface area contributed by atoms with E-state index in [1.807, 2.05) is 53.4 Å². The maximum atomic E-state index is 14.3. The molecule has 8 rings (SSSR count). The normalized spacial score (nSPS) is 16.6. The number of hydrogen-bond acceptors (Lipinski definition) is 6. The number of halogens is 2. The SMILES string of the molecule is C=CC(=O)N1Cc2sc(C/C=C/C(=O)N3Cc4sc(C)cc4[C@@H](c4ccccc4-c4cncc(F)c4)C3)cc2[C@H](c2ccccc2-c2cncc(F)c2)C1. The van der Waals surface area contributed by atoms with Crippen LogP contribution < -0.4 is 0 Å². The highest BCUT2D eigenvalue weighted by Gasteiger charge is 2.33. The van der Waals surface area contributed by atoms with Crippen molar-refractivity contribution in [3.05, 3.63) is 176 Å². The van der Waals surface area contributed by atoms with Gasteiger partial charge in [-0.05, 0) is 76.7 Å². The molecule has 54 heavy (non-hydrogen) atoms. The molecule has 4 aromatic heterocycles. The Morgan fingerprint density at radius 3 is 1.85 bits per heavy atom. The topological polar surface area (TPSA) is 66.4 Å². The predicted octanol–water partition coefficient (Wildman–Crippen LogP) is 9.45. The molecule has 270 valence electrons. The molecule has 0 radical (unpaired) electrons. The van der Waals surface area contributed by atoms with Gasteiger partial charge in [0.1, 0.15) is 11.6 Å². The van der Waals surface area contributed by atoms with Crippen LogP contribution >= 0.6 is 22.7 Å². The molecule has 6 heterocycles. The van der Waals surface area contributed by atoms with E-state index in [9.17, 15) is 18.4 Å². The number of amides is 2. The largest absolute Gasteiger partial charge is 0.333 e. The second-order valence-corrected chi connectivity index (χ2v) is 16.2. The summed E-state index contributed by atoms with van der Waals surface area (Å²) in [6.07, 6.45) is 11.2. The van der Waals surface area contributed by atoms with Crippen molar-refractivity contribution >= 4 is 34.5 Å². The summed E-state index contributed by atoms with van der Waals surface area (Å²) in [4.78, 5) is 43.2. The lowest BCUT2D eigenvalue weighted by molar-refractivity contribution is -0.127. The van der Waals surface area contributed by atoms with E-state index in [1.54, 1.807) is 46.0 Å². The van der Waals surface area contributed by atoms with Gasteiger partial charge in [-0.1, -0.05) is 61.2 Å². The van der Waals surface area contributed by atoms with Gasteiger partial charge in [0, 0.05) is 74.4 Å². The molecule has 0 aliphatic carbocycles. The summed E-state index contributed by atoms with van der Waals surface area (Å²) in [6.45, 7) is 7.76. The van der Waals surface area contributed by atoms with Crippen LogP contribution in [0, 0.1) is 18.6 Å². The quantitative estimate of drug-likeness (QED) is 0.145. The first-order chi connectivity index (χ1) is 26.2. The van der Waals surface area contributed by atoms with Crippen molar-refractivity contribution < 1.29 is 18.4 Å². The van der Waals surface area contributed by atoms with Crippen LogP contribution in [-0.4, -0.2) is 44.7 Å². The van der Waals surface area contributed by atoms with Crippen LogP contribution in [0.2, 0.25) is 0 Å². The predicted molar refractivity (Wildman–Crippen MR) is 210 cm³/mol. The maximum Gasteiger partial charge on any atom is 0.246 e. The fraction of sp³-hybridized carbons (Fsp3) is 0.182. The van der Waals surface area contributed by atoms with Gasteiger partial charge in [-0.15, -0.1) is 22.7 Å². The minimum absolute atomic E-state index is 0.0683. The Bertz CT molecular complexity index is 2430. The van der Waals surface area contributed by atoms with Crippen molar-refractivity contribution in [2.24, 2.45) is 0 Å². The Balaban J connectivity index is 1.05. The zero-order chi connectivity index (χ0) is 37.3. The minimum atomic E-state index is -0.411. The van der Waals surface area contributed by atoms with Crippen LogP contribution in [-0.2, 0) is 29.1 Å². The van der Waals surface area contributed by atoms with Gasteiger partial charge in [-0.3, -0.25) is 19.6 Å². The standard InChI is InChI=1S/C44H36F2N4O2S2/c1-3-43(51)49-23-40(36-13-7-5-11-34(36)29-17-31(46)22-48-20-29)38-18-32(54-42(38)26-49)9-8-14-44(52)50-24-39(37-15-27(2)53-41(37)25-50)35-12-6-4-10-33(35)28-16-30(45)21-47-19-28/h3-8,10-22,39-40H,1,9,23-26H2,2H3/b14-8+/t39-,40+/m1/s1. The first kappa shape index (κ1) is 35.4. The van der Waals surface area contributed by atoms with Crippen LogP contribution in [0.25, 0.3) is 22.3 Å². The molecule has 0 spiro atoms. The van der Waals surface area contributed by atoms with Crippen molar-refractivity contribution in [1.29, 1.82) is 0 Å². The van der Waals surface area contributed by atoms with Crippen molar-refractivity contribution in [3.63, 3.8) is 0 Å². The summed E-state index contributed by atoms with van der Waals surface area (Å²) in [5, 5.41) is 0. The molecule has 2 aliphatic rings. The molecule has 2 aliphatic heterocycles. The highest BCUT2D eigenvalue weighted by atomic mass is 32.1. The molecule has 0 fully saturated rings. The molecule has 2 atom stereocenters. The number of nitrogens with zero attached hydrogens (tertiary/aromatic N) is 4. The lowest BCUT2D eigenvalue weighted by Gasteiger charge is -2.33. The van der Waals surface area contributed by atoms with E-state index in [0.29, 0.717) is 43.7 Å². The molecule has 0 unspecified atom stereocenters. The smallest absolute Gasteiger partial charge is 0.246 e. The highest BCUT2D eigenvalue weighted by Crippen LogP contribution is 2.43. The number of aryl methyl sites for hydroxylation is 1. The summed E-state index contributed by atoms with van der Waals surface area (Å²) in [5.74, 6) is -1.24. The third-order valence-electron chi connectivity index (χ3n) is 10.2. The number of fused-ring (bicyclic) bond motifs is 2. The molecule has 0 saturated carbocycles. The molecular weight excluding hydrogens is 719 g/mol. The number of thiophene rings is 2. The summed E-state index contributed by atoms with van der Waals surface area (Å²) in [5.41, 5.74) is 7.50. The minimum Gasteiger partial charge on any atom is -0.333 e. The lowest BCUT2D eigenvalue weighted by Crippen LogP contribution is -2.37. The van der Waals surface area contributed by atoms with E-state index in [-0.39, 0.29) is 23.7 Å². The Morgan fingerprint density at radius 1 is 0.741 bits per heavy atom. The first-order valence-corrected chi connectivity index (χ1v) is 19.4. The van der Waals surface area contributed by atoms with Crippen LogP contribution in [0.15, 0.2) is 122 Å². The van der Waals surface area contributed by atoms with Crippen LogP contribution in [0.3, 0.4) is 0 Å². The number of benzene rings is 2. The Kier molecular flexibility index (Phi) is 9.87. The summed E-state index contributed by atoms with van der Waals surface area (Å²) < 4.78 is 28.5. The number of pyridine rings is 2. The fourth-order valence-electron chi connectivity index (χ4n) is 7.76. The maximum absolute atomic E-state index is 14.3. The zero-order valence-corrected chi connectivity index (χ0v) is 31.2. The van der Waals surface area contributed by atoms with E-state index >= 15 is 0 Å².